The largest absolute Gasteiger partial charge is 0.253 e. The zero-order valence-electron chi connectivity index (χ0n) is 18.3. The van der Waals surface area contributed by atoms with E-state index in [-0.39, 0.29) is 15.1 Å². The maximum atomic E-state index is 6.83. The van der Waals surface area contributed by atoms with Gasteiger partial charge in [-0.15, -0.1) is 0 Å². The Morgan fingerprint density at radius 1 is 0.441 bits per heavy atom. The Hall–Kier alpha value is 0.335. The molecular weight excluding hydrogens is 618 g/mol. The van der Waals surface area contributed by atoms with Gasteiger partial charge in [0.15, 0.2) is 0 Å². The first-order valence-corrected chi connectivity index (χ1v) is 13.9. The van der Waals surface area contributed by atoms with Gasteiger partial charge in [0.2, 0.25) is 0 Å². The Morgan fingerprint density at radius 2 is 0.676 bits per heavy atom. The van der Waals surface area contributed by atoms with E-state index in [4.69, 9.17) is 104 Å². The van der Waals surface area contributed by atoms with Crippen LogP contribution in [0.5, 0.6) is 0 Å². The predicted octanol–water partition coefficient (Wildman–Crippen LogP) is 9.77. The third-order valence-electron chi connectivity index (χ3n) is 5.82. The van der Waals surface area contributed by atoms with Gasteiger partial charge in [-0.1, -0.05) is 125 Å². The standard InChI is InChI=1S/C24H18BCl9/c1-4-10-7-13(26)16(22(32)19(10)29)25(17-14(27)8-11(5-2)20(30)23(17)33)18-15(28)9-12(6-3)21(31)24(18)34/h7-9H,4-6H2,1-3H3. The van der Waals surface area contributed by atoms with Crippen molar-refractivity contribution >= 4 is 128 Å². The molecule has 0 spiro atoms. The Bertz CT molecular complexity index is 1120. The van der Waals surface area contributed by atoms with Gasteiger partial charge in [-0.3, -0.25) is 0 Å². The van der Waals surface area contributed by atoms with Crippen LogP contribution in [0.3, 0.4) is 0 Å². The molecule has 180 valence electrons. The van der Waals surface area contributed by atoms with Crippen molar-refractivity contribution in [3.8, 4) is 0 Å². The van der Waals surface area contributed by atoms with Gasteiger partial charge in [-0.2, -0.15) is 0 Å². The second-order valence-electron chi connectivity index (χ2n) is 7.67. The summed E-state index contributed by atoms with van der Waals surface area (Å²) < 4.78 is 0. The van der Waals surface area contributed by atoms with Crippen LogP contribution >= 0.6 is 104 Å². The van der Waals surface area contributed by atoms with E-state index in [1.54, 1.807) is 18.2 Å². The van der Waals surface area contributed by atoms with Gasteiger partial charge < -0.3 is 0 Å². The second-order valence-corrected chi connectivity index (χ2v) is 11.2. The average Bonchev–Trinajstić information content (AvgIpc) is 2.80. The summed E-state index contributed by atoms with van der Waals surface area (Å²) in [6.45, 7) is 5.08. The van der Waals surface area contributed by atoms with Crippen molar-refractivity contribution in [1.82, 2.24) is 0 Å². The van der Waals surface area contributed by atoms with E-state index in [9.17, 15) is 0 Å². The lowest BCUT2D eigenvalue weighted by Crippen LogP contribution is -2.55. The van der Waals surface area contributed by atoms with Gasteiger partial charge >= 0.3 is 0 Å². The minimum absolute atomic E-state index is 0.252. The first-order chi connectivity index (χ1) is 16.0. The number of hydrogen-bond acceptors (Lipinski definition) is 0. The number of hydrogen-bond donors (Lipinski definition) is 0. The summed E-state index contributed by atoms with van der Waals surface area (Å²) in [5.74, 6) is 0. The molecule has 0 fully saturated rings. The summed E-state index contributed by atoms with van der Waals surface area (Å²) in [5.41, 5.74) is 3.77. The summed E-state index contributed by atoms with van der Waals surface area (Å²) in [7, 11) is 0. The highest BCUT2D eigenvalue weighted by Crippen LogP contribution is 2.35. The molecule has 3 aromatic carbocycles. The minimum atomic E-state index is -0.796. The van der Waals surface area contributed by atoms with Crippen molar-refractivity contribution in [2.75, 3.05) is 0 Å². The van der Waals surface area contributed by atoms with Crippen LogP contribution in [0.2, 0.25) is 45.2 Å². The highest BCUT2D eigenvalue weighted by molar-refractivity contribution is 7.02. The van der Waals surface area contributed by atoms with E-state index in [0.717, 1.165) is 16.7 Å². The molecule has 0 unspecified atom stereocenters. The van der Waals surface area contributed by atoms with Crippen molar-refractivity contribution in [2.24, 2.45) is 0 Å². The molecule has 0 aromatic heterocycles. The monoisotopic (exact) mass is 632 g/mol. The third-order valence-corrected chi connectivity index (χ3v) is 9.52. The lowest BCUT2D eigenvalue weighted by Gasteiger charge is -2.25. The van der Waals surface area contributed by atoms with Crippen molar-refractivity contribution in [3.63, 3.8) is 0 Å². The molecule has 0 aliphatic heterocycles. The Morgan fingerprint density at radius 3 is 0.882 bits per heavy atom. The van der Waals surface area contributed by atoms with E-state index >= 15 is 0 Å². The molecule has 3 rings (SSSR count). The van der Waals surface area contributed by atoms with Crippen LogP contribution in [-0.2, 0) is 19.3 Å². The zero-order valence-corrected chi connectivity index (χ0v) is 25.1. The molecule has 0 N–H and O–H groups in total. The molecule has 0 saturated carbocycles. The van der Waals surface area contributed by atoms with Crippen LogP contribution in [0.25, 0.3) is 0 Å². The van der Waals surface area contributed by atoms with Crippen LogP contribution in [0.1, 0.15) is 37.5 Å². The van der Waals surface area contributed by atoms with Crippen LogP contribution in [0.4, 0.5) is 0 Å². The fourth-order valence-corrected chi connectivity index (χ4v) is 6.99. The van der Waals surface area contributed by atoms with Gasteiger partial charge in [0.05, 0.1) is 30.1 Å². The minimum Gasteiger partial charge on any atom is -0.0848 e. The second kappa shape index (κ2) is 11.8. The van der Waals surface area contributed by atoms with Gasteiger partial charge in [0.1, 0.15) is 0 Å². The summed E-state index contributed by atoms with van der Waals surface area (Å²) in [6, 6.07) is 5.31. The van der Waals surface area contributed by atoms with Crippen molar-refractivity contribution in [3.05, 3.63) is 80.1 Å². The average molecular weight is 636 g/mol. The first kappa shape index (κ1) is 28.9. The molecule has 10 heteroatoms. The molecule has 0 aliphatic carbocycles. The molecule has 34 heavy (non-hydrogen) atoms. The van der Waals surface area contributed by atoms with Crippen molar-refractivity contribution in [2.45, 2.75) is 40.0 Å². The van der Waals surface area contributed by atoms with E-state index in [1.807, 2.05) is 20.8 Å². The molecular formula is C24H18BCl9. The van der Waals surface area contributed by atoms with Crippen LogP contribution in [-0.4, -0.2) is 6.71 Å². The molecule has 0 radical (unpaired) electrons. The maximum Gasteiger partial charge on any atom is 0.253 e. The fourth-order valence-electron chi connectivity index (χ4n) is 3.97. The van der Waals surface area contributed by atoms with Crippen LogP contribution in [0, 0.1) is 0 Å². The summed E-state index contributed by atoms with van der Waals surface area (Å²) >= 11 is 60.8. The van der Waals surface area contributed by atoms with Gasteiger partial charge in [-0.05, 0) is 70.5 Å². The lowest BCUT2D eigenvalue weighted by atomic mass is 9.36. The molecule has 0 atom stereocenters. The molecule has 3 aromatic rings. The summed E-state index contributed by atoms with van der Waals surface area (Å²) in [6.07, 6.45) is 1.92. The summed E-state index contributed by atoms with van der Waals surface area (Å²) in [5, 5.41) is 2.97. The van der Waals surface area contributed by atoms with Gasteiger partial charge in [0.25, 0.3) is 6.71 Å². The number of rotatable bonds is 6. The SMILES string of the molecule is CCc1cc(Cl)c(B(c2c(Cl)cc(CC)c(Cl)c2Cl)c2c(Cl)cc(CC)c(Cl)c2Cl)c(Cl)c1Cl. The Labute approximate surface area is 245 Å². The topological polar surface area (TPSA) is 0 Å². The lowest BCUT2D eigenvalue weighted by molar-refractivity contribution is 1.14. The van der Waals surface area contributed by atoms with Gasteiger partial charge in [0, 0.05) is 15.1 Å². The van der Waals surface area contributed by atoms with Crippen LogP contribution < -0.4 is 16.4 Å². The Balaban J connectivity index is 2.54. The van der Waals surface area contributed by atoms with Crippen LogP contribution in [0.15, 0.2) is 18.2 Å². The smallest absolute Gasteiger partial charge is 0.0848 e. The molecule has 0 nitrogen and oxygen atoms in total. The fraction of sp³-hybridized carbons (Fsp3) is 0.250. The molecule has 0 aliphatic rings. The number of benzene rings is 3. The third kappa shape index (κ3) is 5.17. The maximum absolute atomic E-state index is 6.83. The zero-order chi connectivity index (χ0) is 25.5. The quantitative estimate of drug-likeness (QED) is 0.187. The van der Waals surface area contributed by atoms with E-state index in [1.165, 1.54) is 0 Å². The molecule has 0 saturated heterocycles. The molecule has 0 bridgehead atoms. The van der Waals surface area contributed by atoms with Crippen molar-refractivity contribution in [1.29, 1.82) is 0 Å². The summed E-state index contributed by atoms with van der Waals surface area (Å²) in [4.78, 5) is 0. The van der Waals surface area contributed by atoms with Gasteiger partial charge in [-0.25, -0.2) is 0 Å². The highest BCUT2D eigenvalue weighted by atomic mass is 35.5. The van der Waals surface area contributed by atoms with E-state index in [0.29, 0.717) is 65.8 Å². The van der Waals surface area contributed by atoms with E-state index < -0.39 is 6.71 Å². The highest BCUT2D eigenvalue weighted by Gasteiger charge is 2.37. The predicted molar refractivity (Wildman–Crippen MR) is 157 cm³/mol. The Kier molecular flexibility index (Phi) is 10.0. The molecule has 0 heterocycles. The number of halogens is 9. The van der Waals surface area contributed by atoms with Crippen molar-refractivity contribution < 1.29 is 0 Å². The molecule has 0 amide bonds. The first-order valence-electron chi connectivity index (χ1n) is 10.5. The number of aryl methyl sites for hydroxylation is 3. The normalized spacial score (nSPS) is 11.3. The van der Waals surface area contributed by atoms with E-state index in [2.05, 4.69) is 0 Å².